The first-order valence-electron chi connectivity index (χ1n) is 6.43. The highest BCUT2D eigenvalue weighted by Crippen LogP contribution is 2.18. The minimum absolute atomic E-state index is 0.541. The van der Waals surface area contributed by atoms with Gasteiger partial charge in [-0.3, -0.25) is 0 Å². The predicted octanol–water partition coefficient (Wildman–Crippen LogP) is 3.36. The molecule has 0 N–H and O–H groups in total. The average molecular weight is 231 g/mol. The summed E-state index contributed by atoms with van der Waals surface area (Å²) in [6.07, 6.45) is 6.34. The molecule has 0 radical (unpaired) electrons. The van der Waals surface area contributed by atoms with Crippen LogP contribution in [0.5, 0.6) is 0 Å². The first kappa shape index (κ1) is 13.5. The Balaban J connectivity index is 2.83. The Morgan fingerprint density at radius 3 is 2.41 bits per heavy atom. The Hall–Kier alpha value is -1.56. The van der Waals surface area contributed by atoms with Gasteiger partial charge < -0.3 is 4.90 Å². The van der Waals surface area contributed by atoms with Crippen LogP contribution in [0.4, 0.5) is 5.69 Å². The van der Waals surface area contributed by atoms with Crippen LogP contribution in [0.2, 0.25) is 0 Å². The van der Waals surface area contributed by atoms with Crippen molar-refractivity contribution in [2.24, 2.45) is 0 Å². The number of aromatic nitrogens is 1. The summed E-state index contributed by atoms with van der Waals surface area (Å²) >= 11 is 0. The van der Waals surface area contributed by atoms with E-state index in [-0.39, 0.29) is 0 Å². The van der Waals surface area contributed by atoms with Gasteiger partial charge in [-0.25, -0.2) is 4.98 Å². The van der Waals surface area contributed by atoms with Crippen molar-refractivity contribution in [3.8, 4) is 6.07 Å². The van der Waals surface area contributed by atoms with E-state index in [4.69, 9.17) is 5.26 Å². The summed E-state index contributed by atoms with van der Waals surface area (Å²) in [6, 6.07) is 6.08. The molecule has 3 heteroatoms. The molecule has 0 aliphatic heterocycles. The van der Waals surface area contributed by atoms with Gasteiger partial charge in [0.2, 0.25) is 0 Å². The zero-order valence-corrected chi connectivity index (χ0v) is 10.8. The summed E-state index contributed by atoms with van der Waals surface area (Å²) in [4.78, 5) is 6.42. The summed E-state index contributed by atoms with van der Waals surface area (Å²) in [5.41, 5.74) is 1.52. The molecule has 0 aromatic carbocycles. The zero-order valence-electron chi connectivity index (χ0n) is 10.8. The number of rotatable bonds is 7. The standard InChI is InChI=1S/C14H21N3/c1-3-5-10-17(11-6-4-2)14-8-7-9-16-13(14)12-15/h7-9H,3-6,10-11H2,1-2H3. The van der Waals surface area contributed by atoms with E-state index in [0.29, 0.717) is 5.69 Å². The fourth-order valence-corrected chi connectivity index (χ4v) is 1.79. The number of nitriles is 1. The zero-order chi connectivity index (χ0) is 12.5. The summed E-state index contributed by atoms with van der Waals surface area (Å²) in [7, 11) is 0. The lowest BCUT2D eigenvalue weighted by atomic mass is 10.2. The van der Waals surface area contributed by atoms with Crippen molar-refractivity contribution in [1.29, 1.82) is 5.26 Å². The molecule has 0 spiro atoms. The lowest BCUT2D eigenvalue weighted by molar-refractivity contribution is 0.676. The second kappa shape index (κ2) is 7.67. The quantitative estimate of drug-likeness (QED) is 0.722. The Morgan fingerprint density at radius 1 is 1.24 bits per heavy atom. The second-order valence-electron chi connectivity index (χ2n) is 4.18. The second-order valence-corrected chi connectivity index (χ2v) is 4.18. The van der Waals surface area contributed by atoms with Crippen LogP contribution < -0.4 is 4.90 Å². The smallest absolute Gasteiger partial charge is 0.163 e. The molecule has 3 nitrogen and oxygen atoms in total. The van der Waals surface area contributed by atoms with Crippen molar-refractivity contribution in [1.82, 2.24) is 4.98 Å². The molecule has 1 heterocycles. The lowest BCUT2D eigenvalue weighted by Gasteiger charge is -2.24. The highest BCUT2D eigenvalue weighted by Gasteiger charge is 2.10. The first-order valence-corrected chi connectivity index (χ1v) is 6.43. The molecule has 1 rings (SSSR count). The van der Waals surface area contributed by atoms with Crippen molar-refractivity contribution >= 4 is 5.69 Å². The molecule has 1 aromatic heterocycles. The van der Waals surface area contributed by atoms with E-state index >= 15 is 0 Å². The summed E-state index contributed by atoms with van der Waals surface area (Å²) in [6.45, 7) is 6.40. The normalized spacial score (nSPS) is 9.94. The van der Waals surface area contributed by atoms with Crippen LogP contribution in [0.15, 0.2) is 18.3 Å². The van der Waals surface area contributed by atoms with E-state index in [9.17, 15) is 0 Å². The van der Waals surface area contributed by atoms with Gasteiger partial charge in [-0.05, 0) is 25.0 Å². The number of hydrogen-bond acceptors (Lipinski definition) is 3. The van der Waals surface area contributed by atoms with Gasteiger partial charge >= 0.3 is 0 Å². The van der Waals surface area contributed by atoms with E-state index in [0.717, 1.165) is 31.6 Å². The molecule has 0 bridgehead atoms. The Kier molecular flexibility index (Phi) is 6.09. The molecule has 0 aliphatic carbocycles. The van der Waals surface area contributed by atoms with Crippen molar-refractivity contribution in [2.45, 2.75) is 39.5 Å². The first-order chi connectivity index (χ1) is 8.33. The molecule has 0 fully saturated rings. The van der Waals surface area contributed by atoms with Crippen molar-refractivity contribution in [2.75, 3.05) is 18.0 Å². The van der Waals surface area contributed by atoms with Gasteiger partial charge in [-0.1, -0.05) is 26.7 Å². The molecule has 0 saturated carbocycles. The Labute approximate surface area is 104 Å². The number of nitrogens with zero attached hydrogens (tertiary/aromatic N) is 3. The monoisotopic (exact) mass is 231 g/mol. The van der Waals surface area contributed by atoms with Crippen LogP contribution in [0, 0.1) is 11.3 Å². The van der Waals surface area contributed by atoms with E-state index in [1.165, 1.54) is 12.8 Å². The highest BCUT2D eigenvalue weighted by atomic mass is 15.1. The molecule has 0 amide bonds. The fourth-order valence-electron chi connectivity index (χ4n) is 1.79. The van der Waals surface area contributed by atoms with Crippen molar-refractivity contribution in [3.63, 3.8) is 0 Å². The van der Waals surface area contributed by atoms with Crippen LogP contribution in [0.1, 0.15) is 45.2 Å². The number of unbranched alkanes of at least 4 members (excludes halogenated alkanes) is 2. The van der Waals surface area contributed by atoms with Crippen molar-refractivity contribution in [3.05, 3.63) is 24.0 Å². The van der Waals surface area contributed by atoms with Gasteiger partial charge in [-0.15, -0.1) is 0 Å². The maximum atomic E-state index is 9.08. The average Bonchev–Trinajstić information content (AvgIpc) is 2.39. The maximum absolute atomic E-state index is 9.08. The van der Waals surface area contributed by atoms with E-state index in [1.807, 2.05) is 12.1 Å². The topological polar surface area (TPSA) is 39.9 Å². The predicted molar refractivity (Wildman–Crippen MR) is 71.0 cm³/mol. The van der Waals surface area contributed by atoms with Crippen LogP contribution in [0.3, 0.4) is 0 Å². The summed E-state index contributed by atoms with van der Waals surface area (Å²) in [5.74, 6) is 0. The minimum Gasteiger partial charge on any atom is -0.369 e. The minimum atomic E-state index is 0.541. The Morgan fingerprint density at radius 2 is 1.88 bits per heavy atom. The van der Waals surface area contributed by atoms with E-state index in [2.05, 4.69) is 29.8 Å². The van der Waals surface area contributed by atoms with Crippen LogP contribution in [0.25, 0.3) is 0 Å². The number of anilines is 1. The van der Waals surface area contributed by atoms with E-state index in [1.54, 1.807) is 6.20 Å². The summed E-state index contributed by atoms with van der Waals surface area (Å²) in [5, 5.41) is 9.08. The van der Waals surface area contributed by atoms with Crippen molar-refractivity contribution < 1.29 is 0 Å². The van der Waals surface area contributed by atoms with Crippen LogP contribution >= 0.6 is 0 Å². The number of hydrogen-bond donors (Lipinski definition) is 0. The molecule has 17 heavy (non-hydrogen) atoms. The third-order valence-corrected chi connectivity index (χ3v) is 2.80. The molecular weight excluding hydrogens is 210 g/mol. The summed E-state index contributed by atoms with van der Waals surface area (Å²) < 4.78 is 0. The molecule has 0 aliphatic rings. The van der Waals surface area contributed by atoms with Gasteiger partial charge in [0.1, 0.15) is 6.07 Å². The molecule has 92 valence electrons. The molecular formula is C14H21N3. The lowest BCUT2D eigenvalue weighted by Crippen LogP contribution is -2.26. The van der Waals surface area contributed by atoms with Gasteiger partial charge in [0.25, 0.3) is 0 Å². The molecule has 0 atom stereocenters. The third-order valence-electron chi connectivity index (χ3n) is 2.80. The van der Waals surface area contributed by atoms with E-state index < -0.39 is 0 Å². The Bertz CT molecular complexity index is 360. The SMILES string of the molecule is CCCCN(CCCC)c1cccnc1C#N. The highest BCUT2D eigenvalue weighted by molar-refractivity contribution is 5.55. The van der Waals surface area contributed by atoms with Gasteiger partial charge in [0, 0.05) is 19.3 Å². The molecule has 0 unspecified atom stereocenters. The van der Waals surface area contributed by atoms with Crippen LogP contribution in [-0.2, 0) is 0 Å². The third kappa shape index (κ3) is 4.07. The largest absolute Gasteiger partial charge is 0.369 e. The van der Waals surface area contributed by atoms with Gasteiger partial charge in [0.15, 0.2) is 5.69 Å². The molecule has 0 saturated heterocycles. The molecule has 1 aromatic rings. The maximum Gasteiger partial charge on any atom is 0.163 e. The van der Waals surface area contributed by atoms with Gasteiger partial charge in [-0.2, -0.15) is 5.26 Å². The number of pyridine rings is 1. The fraction of sp³-hybridized carbons (Fsp3) is 0.571. The van der Waals surface area contributed by atoms with Gasteiger partial charge in [0.05, 0.1) is 5.69 Å². The van der Waals surface area contributed by atoms with Crippen LogP contribution in [-0.4, -0.2) is 18.1 Å².